The molecule has 0 aromatic carbocycles. The topological polar surface area (TPSA) is 145 Å². The number of hydrogen-bond donors (Lipinski definition) is 3. The summed E-state index contributed by atoms with van der Waals surface area (Å²) in [6, 6.07) is -0.0749. The Morgan fingerprint density at radius 1 is 1.28 bits per heavy atom. The number of amidine groups is 1. The summed E-state index contributed by atoms with van der Waals surface area (Å²) in [5, 5.41) is 16.1. The molecule has 36 heavy (non-hydrogen) atoms. The molecule has 198 valence electrons. The number of sulfonamides is 2. The standard InChI is InChI=1S/C23H32N4O6S3/c1-23(2,3)7-8-27-17-13-6-5-12(9-13)15(17)18(28)16(22(27)29)20-25-21-19(36(32,33)26-20)14(11-34-21)10-24-35(4,30)31/h11-13,15,17,24,28H,5-10H2,1-4H3,(H,25,26). The van der Waals surface area contributed by atoms with Gasteiger partial charge in [-0.3, -0.25) is 4.79 Å². The summed E-state index contributed by atoms with van der Waals surface area (Å²) in [6.07, 6.45) is 4.74. The smallest absolute Gasteiger partial charge is 0.287 e. The minimum absolute atomic E-state index is 0.00296. The molecule has 5 rings (SSSR count). The number of carbonyl (C=O) groups excluding carboxylic acids is 1. The van der Waals surface area contributed by atoms with Crippen molar-refractivity contribution in [2.45, 2.75) is 63.9 Å². The van der Waals surface area contributed by atoms with Crippen LogP contribution < -0.4 is 10.0 Å². The van der Waals surface area contributed by atoms with E-state index in [1.165, 1.54) is 0 Å². The van der Waals surface area contributed by atoms with Crippen LogP contribution in [0.2, 0.25) is 0 Å². The molecule has 10 nitrogen and oxygen atoms in total. The molecule has 2 fully saturated rings. The monoisotopic (exact) mass is 556 g/mol. The quantitative estimate of drug-likeness (QED) is 0.488. The summed E-state index contributed by atoms with van der Waals surface area (Å²) in [7, 11) is -7.77. The predicted octanol–water partition coefficient (Wildman–Crippen LogP) is 2.82. The van der Waals surface area contributed by atoms with Crippen LogP contribution in [0, 0.1) is 23.2 Å². The van der Waals surface area contributed by atoms with Gasteiger partial charge < -0.3 is 15.3 Å². The van der Waals surface area contributed by atoms with E-state index >= 15 is 0 Å². The van der Waals surface area contributed by atoms with Gasteiger partial charge in [-0.2, -0.15) is 8.42 Å². The molecule has 1 amide bonds. The lowest BCUT2D eigenvalue weighted by atomic mass is 9.77. The second kappa shape index (κ2) is 8.53. The molecule has 2 aliphatic heterocycles. The lowest BCUT2D eigenvalue weighted by molar-refractivity contribution is -0.133. The number of aliphatic hydroxyl groups is 1. The maximum atomic E-state index is 13.8. The van der Waals surface area contributed by atoms with Gasteiger partial charge in [0.2, 0.25) is 10.0 Å². The Balaban J connectivity index is 1.53. The third-order valence-electron chi connectivity index (χ3n) is 7.66. The number of hydrogen-bond acceptors (Lipinski definition) is 8. The van der Waals surface area contributed by atoms with Crippen LogP contribution in [0.3, 0.4) is 0 Å². The van der Waals surface area contributed by atoms with Crippen molar-refractivity contribution in [1.29, 1.82) is 0 Å². The first kappa shape index (κ1) is 25.7. The van der Waals surface area contributed by atoms with Crippen molar-refractivity contribution in [2.75, 3.05) is 18.1 Å². The van der Waals surface area contributed by atoms with Crippen LogP contribution in [0.1, 0.15) is 52.0 Å². The Morgan fingerprint density at radius 2 is 1.97 bits per heavy atom. The van der Waals surface area contributed by atoms with Gasteiger partial charge in [0.05, 0.1) is 6.26 Å². The SMILES string of the molecule is CC(C)(C)CCN1C(=O)C(C2=NS(=O)(=O)c3c(CNS(C)(=O)=O)csc3N2)=C(O)C2C3CCC(C3)C21. The normalized spacial score (nSPS) is 29.2. The highest BCUT2D eigenvalue weighted by Crippen LogP contribution is 2.55. The van der Waals surface area contributed by atoms with E-state index in [0.29, 0.717) is 12.5 Å². The van der Waals surface area contributed by atoms with Gasteiger partial charge in [-0.1, -0.05) is 20.8 Å². The third-order valence-corrected chi connectivity index (χ3v) is 10.8. The van der Waals surface area contributed by atoms with E-state index in [9.17, 15) is 26.7 Å². The molecule has 2 bridgehead atoms. The average Bonchev–Trinajstić information content (AvgIpc) is 3.45. The highest BCUT2D eigenvalue weighted by molar-refractivity contribution is 7.91. The van der Waals surface area contributed by atoms with E-state index in [0.717, 1.165) is 43.3 Å². The summed E-state index contributed by atoms with van der Waals surface area (Å²) in [4.78, 5) is 15.6. The molecular formula is C23H32N4O6S3. The van der Waals surface area contributed by atoms with Crippen LogP contribution in [0.4, 0.5) is 5.00 Å². The van der Waals surface area contributed by atoms with E-state index in [1.54, 1.807) is 5.38 Å². The Bertz CT molecular complexity index is 1390. The summed E-state index contributed by atoms with van der Waals surface area (Å²) < 4.78 is 55.6. The lowest BCUT2D eigenvalue weighted by Crippen LogP contribution is -2.54. The molecule has 1 aromatic rings. The van der Waals surface area contributed by atoms with Crippen LogP contribution in [0.25, 0.3) is 0 Å². The molecule has 2 saturated carbocycles. The number of fused-ring (bicyclic) bond motifs is 6. The Hall–Kier alpha value is -1.96. The Kier molecular flexibility index (Phi) is 6.09. The van der Waals surface area contributed by atoms with Crippen molar-refractivity contribution in [3.05, 3.63) is 22.3 Å². The van der Waals surface area contributed by atoms with Crippen LogP contribution in [0.15, 0.2) is 26.0 Å². The molecular weight excluding hydrogens is 524 g/mol. The molecule has 13 heteroatoms. The van der Waals surface area contributed by atoms with Gasteiger partial charge >= 0.3 is 0 Å². The predicted molar refractivity (Wildman–Crippen MR) is 138 cm³/mol. The maximum absolute atomic E-state index is 13.8. The van der Waals surface area contributed by atoms with Gasteiger partial charge in [0.1, 0.15) is 21.2 Å². The molecule has 0 spiro atoms. The van der Waals surface area contributed by atoms with Gasteiger partial charge in [-0.15, -0.1) is 15.7 Å². The third kappa shape index (κ3) is 4.48. The number of anilines is 1. The average molecular weight is 557 g/mol. The second-order valence-electron chi connectivity index (χ2n) is 11.5. The number of carbonyl (C=O) groups is 1. The van der Waals surface area contributed by atoms with Gasteiger partial charge in [-0.25, -0.2) is 13.1 Å². The zero-order valence-electron chi connectivity index (χ0n) is 20.7. The highest BCUT2D eigenvalue weighted by atomic mass is 32.2. The molecule has 4 aliphatic rings. The van der Waals surface area contributed by atoms with Crippen LogP contribution >= 0.6 is 11.3 Å². The fraction of sp³-hybridized carbons (Fsp3) is 0.652. The van der Waals surface area contributed by atoms with Crippen LogP contribution in [-0.4, -0.2) is 57.4 Å². The number of nitrogens with one attached hydrogen (secondary N) is 2. The summed E-state index contributed by atoms with van der Waals surface area (Å²) in [6.45, 7) is 6.66. The van der Waals surface area contributed by atoms with E-state index in [-0.39, 0.29) is 62.5 Å². The Morgan fingerprint density at radius 3 is 2.64 bits per heavy atom. The highest BCUT2D eigenvalue weighted by Gasteiger charge is 2.57. The zero-order chi connectivity index (χ0) is 26.2. The van der Waals surface area contributed by atoms with E-state index < -0.39 is 26.0 Å². The summed E-state index contributed by atoms with van der Waals surface area (Å²) in [5.41, 5.74) is 0.197. The fourth-order valence-corrected chi connectivity index (χ4v) is 9.09. The van der Waals surface area contributed by atoms with Crippen molar-refractivity contribution >= 4 is 48.1 Å². The summed E-state index contributed by atoms with van der Waals surface area (Å²) in [5.74, 6) is -0.256. The molecule has 4 unspecified atom stereocenters. The zero-order valence-corrected chi connectivity index (χ0v) is 23.2. The van der Waals surface area contributed by atoms with E-state index in [1.807, 2.05) is 4.90 Å². The number of amides is 1. The number of rotatable bonds is 6. The van der Waals surface area contributed by atoms with Gasteiger partial charge in [-0.05, 0) is 48.3 Å². The van der Waals surface area contributed by atoms with Gasteiger partial charge in [0.15, 0.2) is 5.84 Å². The number of nitrogens with zero attached hydrogens (tertiary/aromatic N) is 2. The van der Waals surface area contributed by atoms with Crippen molar-refractivity contribution in [1.82, 2.24) is 9.62 Å². The van der Waals surface area contributed by atoms with Crippen molar-refractivity contribution in [3.8, 4) is 0 Å². The molecule has 0 saturated heterocycles. The van der Waals surface area contributed by atoms with Crippen LogP contribution in [0.5, 0.6) is 0 Å². The minimum Gasteiger partial charge on any atom is -0.511 e. The molecule has 2 aliphatic carbocycles. The van der Waals surface area contributed by atoms with Crippen molar-refractivity contribution < 1.29 is 26.7 Å². The summed E-state index contributed by atoms with van der Waals surface area (Å²) >= 11 is 1.09. The van der Waals surface area contributed by atoms with E-state index in [4.69, 9.17) is 0 Å². The van der Waals surface area contributed by atoms with Crippen molar-refractivity contribution in [3.63, 3.8) is 0 Å². The first-order valence-electron chi connectivity index (χ1n) is 12.1. The fourth-order valence-electron chi connectivity index (χ4n) is 6.07. The van der Waals surface area contributed by atoms with Gasteiger partial charge in [0, 0.05) is 30.6 Å². The van der Waals surface area contributed by atoms with Crippen molar-refractivity contribution in [2.24, 2.45) is 27.6 Å². The molecule has 0 radical (unpaired) electrons. The second-order valence-corrected chi connectivity index (χ2v) is 15.7. The number of aliphatic hydroxyl groups excluding tert-OH is 1. The first-order chi connectivity index (χ1) is 16.7. The van der Waals surface area contributed by atoms with E-state index in [2.05, 4.69) is 35.2 Å². The minimum atomic E-state index is -4.24. The molecule has 4 atom stereocenters. The van der Waals surface area contributed by atoms with Gasteiger partial charge in [0.25, 0.3) is 15.9 Å². The maximum Gasteiger partial charge on any atom is 0.287 e. The molecule has 1 aromatic heterocycles. The molecule has 3 N–H and O–H groups in total. The Labute approximate surface area is 216 Å². The lowest BCUT2D eigenvalue weighted by Gasteiger charge is -2.44. The molecule has 3 heterocycles. The largest absolute Gasteiger partial charge is 0.511 e. The van der Waals surface area contributed by atoms with Crippen LogP contribution in [-0.2, 0) is 31.4 Å². The first-order valence-corrected chi connectivity index (χ1v) is 16.3. The number of thiophene rings is 1.